The van der Waals surface area contributed by atoms with Crippen molar-refractivity contribution in [3.8, 4) is 11.6 Å². The Labute approximate surface area is 150 Å². The number of fused-ring (bicyclic) bond motifs is 1. The van der Waals surface area contributed by atoms with Crippen LogP contribution in [-0.4, -0.2) is 23.2 Å². The van der Waals surface area contributed by atoms with Crippen molar-refractivity contribution in [3.63, 3.8) is 0 Å². The Hall–Kier alpha value is -2.04. The van der Waals surface area contributed by atoms with Crippen LogP contribution in [-0.2, 0) is 0 Å². The predicted octanol–water partition coefficient (Wildman–Crippen LogP) is 5.17. The molecule has 4 nitrogen and oxygen atoms in total. The minimum atomic E-state index is 0.520. The van der Waals surface area contributed by atoms with Crippen molar-refractivity contribution in [1.82, 2.24) is 9.97 Å². The van der Waals surface area contributed by atoms with E-state index < -0.39 is 0 Å². The minimum absolute atomic E-state index is 0.520. The van der Waals surface area contributed by atoms with Crippen LogP contribution in [0.4, 0.5) is 0 Å². The van der Waals surface area contributed by atoms with Crippen LogP contribution in [0.25, 0.3) is 10.9 Å². The molecule has 2 aromatic carbocycles. The lowest BCUT2D eigenvalue weighted by Gasteiger charge is -2.09. The van der Waals surface area contributed by atoms with Crippen LogP contribution in [0.2, 0.25) is 10.0 Å². The SMILES string of the molecule is Clc1ccc(OCCCCOc2ncnc3ccccc23)c(Cl)c1. The van der Waals surface area contributed by atoms with Crippen LogP contribution < -0.4 is 9.47 Å². The van der Waals surface area contributed by atoms with E-state index in [1.807, 2.05) is 24.3 Å². The molecule has 6 heteroatoms. The standard InChI is InChI=1S/C18H16Cl2N2O2/c19-13-7-8-17(15(20)11-13)23-9-3-4-10-24-18-14-5-1-2-6-16(14)21-12-22-18/h1-2,5-8,11-12H,3-4,9-10H2. The highest BCUT2D eigenvalue weighted by atomic mass is 35.5. The number of nitrogens with zero attached hydrogens (tertiary/aromatic N) is 2. The summed E-state index contributed by atoms with van der Waals surface area (Å²) in [4.78, 5) is 8.41. The van der Waals surface area contributed by atoms with Gasteiger partial charge in [0.2, 0.25) is 5.88 Å². The molecule has 0 saturated heterocycles. The van der Waals surface area contributed by atoms with Crippen molar-refractivity contribution in [1.29, 1.82) is 0 Å². The number of ether oxygens (including phenoxy) is 2. The Balaban J connectivity index is 1.44. The first-order chi connectivity index (χ1) is 11.7. The third-order valence-corrected chi connectivity index (χ3v) is 3.97. The second-order valence-electron chi connectivity index (χ2n) is 5.17. The van der Waals surface area contributed by atoms with E-state index in [1.165, 1.54) is 6.33 Å². The molecule has 3 aromatic rings. The summed E-state index contributed by atoms with van der Waals surface area (Å²) in [5.41, 5.74) is 0.878. The van der Waals surface area contributed by atoms with E-state index in [0.717, 1.165) is 23.7 Å². The monoisotopic (exact) mass is 362 g/mol. The van der Waals surface area contributed by atoms with Crippen LogP contribution in [0.1, 0.15) is 12.8 Å². The van der Waals surface area contributed by atoms with Gasteiger partial charge >= 0.3 is 0 Å². The Bertz CT molecular complexity index is 822. The highest BCUT2D eigenvalue weighted by Gasteiger charge is 2.04. The van der Waals surface area contributed by atoms with Crippen molar-refractivity contribution in [2.75, 3.05) is 13.2 Å². The molecule has 0 aliphatic carbocycles. The van der Waals surface area contributed by atoms with Crippen LogP contribution in [0, 0.1) is 0 Å². The third kappa shape index (κ3) is 4.28. The predicted molar refractivity (Wildman–Crippen MR) is 96.2 cm³/mol. The molecule has 1 aromatic heterocycles. The Morgan fingerprint density at radius 2 is 1.67 bits per heavy atom. The van der Waals surface area contributed by atoms with Crippen LogP contribution in [0.15, 0.2) is 48.8 Å². The summed E-state index contributed by atoms with van der Waals surface area (Å²) in [5.74, 6) is 1.26. The van der Waals surface area contributed by atoms with Crippen molar-refractivity contribution >= 4 is 34.1 Å². The maximum absolute atomic E-state index is 6.06. The van der Waals surface area contributed by atoms with Gasteiger partial charge in [-0.3, -0.25) is 0 Å². The highest BCUT2D eigenvalue weighted by Crippen LogP contribution is 2.27. The molecule has 0 amide bonds. The maximum atomic E-state index is 6.06. The largest absolute Gasteiger partial charge is 0.492 e. The summed E-state index contributed by atoms with van der Waals surface area (Å²) in [7, 11) is 0. The van der Waals surface area contributed by atoms with E-state index in [0.29, 0.717) is 34.9 Å². The first-order valence-corrected chi connectivity index (χ1v) is 8.40. The van der Waals surface area contributed by atoms with Gasteiger partial charge in [-0.2, -0.15) is 0 Å². The molecule has 0 spiro atoms. The van der Waals surface area contributed by atoms with Crippen LogP contribution in [0.5, 0.6) is 11.6 Å². The van der Waals surface area contributed by atoms with Crippen LogP contribution >= 0.6 is 23.2 Å². The highest BCUT2D eigenvalue weighted by molar-refractivity contribution is 6.35. The molecular weight excluding hydrogens is 347 g/mol. The lowest BCUT2D eigenvalue weighted by molar-refractivity contribution is 0.263. The minimum Gasteiger partial charge on any atom is -0.492 e. The summed E-state index contributed by atoms with van der Waals surface area (Å²) in [6.07, 6.45) is 3.22. The topological polar surface area (TPSA) is 44.2 Å². The van der Waals surface area contributed by atoms with Gasteiger partial charge in [-0.05, 0) is 43.2 Å². The normalized spacial score (nSPS) is 10.8. The van der Waals surface area contributed by atoms with E-state index in [4.69, 9.17) is 32.7 Å². The fraction of sp³-hybridized carbons (Fsp3) is 0.222. The van der Waals surface area contributed by atoms with E-state index in [1.54, 1.807) is 18.2 Å². The van der Waals surface area contributed by atoms with Gasteiger partial charge in [-0.1, -0.05) is 35.3 Å². The van der Waals surface area contributed by atoms with Crippen molar-refractivity contribution in [3.05, 3.63) is 58.8 Å². The Morgan fingerprint density at radius 1 is 0.875 bits per heavy atom. The molecule has 0 aliphatic rings. The number of benzene rings is 2. The Morgan fingerprint density at radius 3 is 2.50 bits per heavy atom. The first kappa shape index (κ1) is 16.8. The lowest BCUT2D eigenvalue weighted by Crippen LogP contribution is -2.04. The van der Waals surface area contributed by atoms with Crippen molar-refractivity contribution in [2.24, 2.45) is 0 Å². The van der Waals surface area contributed by atoms with Crippen molar-refractivity contribution < 1.29 is 9.47 Å². The van der Waals surface area contributed by atoms with Gasteiger partial charge in [-0.15, -0.1) is 0 Å². The molecule has 0 fully saturated rings. The summed E-state index contributed by atoms with van der Waals surface area (Å²) >= 11 is 11.9. The molecule has 24 heavy (non-hydrogen) atoms. The molecule has 1 heterocycles. The number of rotatable bonds is 7. The van der Waals surface area contributed by atoms with Gasteiger partial charge in [-0.25, -0.2) is 9.97 Å². The Kier molecular flexibility index (Phi) is 5.72. The zero-order valence-electron chi connectivity index (χ0n) is 12.9. The van der Waals surface area contributed by atoms with Gasteiger partial charge in [0.25, 0.3) is 0 Å². The molecule has 0 saturated carbocycles. The second-order valence-corrected chi connectivity index (χ2v) is 6.02. The summed E-state index contributed by atoms with van der Waals surface area (Å²) in [6, 6.07) is 13.0. The number of para-hydroxylation sites is 1. The number of hydrogen-bond acceptors (Lipinski definition) is 4. The van der Waals surface area contributed by atoms with Crippen LogP contribution in [0.3, 0.4) is 0 Å². The van der Waals surface area contributed by atoms with E-state index >= 15 is 0 Å². The maximum Gasteiger partial charge on any atom is 0.224 e. The summed E-state index contributed by atoms with van der Waals surface area (Å²) < 4.78 is 11.4. The van der Waals surface area contributed by atoms with Gasteiger partial charge < -0.3 is 9.47 Å². The molecule has 0 radical (unpaired) electrons. The number of halogens is 2. The van der Waals surface area contributed by atoms with E-state index in [-0.39, 0.29) is 0 Å². The molecule has 0 aliphatic heterocycles. The average molecular weight is 363 g/mol. The smallest absolute Gasteiger partial charge is 0.224 e. The number of hydrogen-bond donors (Lipinski definition) is 0. The van der Waals surface area contributed by atoms with E-state index in [2.05, 4.69) is 9.97 Å². The fourth-order valence-electron chi connectivity index (χ4n) is 2.24. The second kappa shape index (κ2) is 8.18. The van der Waals surface area contributed by atoms with E-state index in [9.17, 15) is 0 Å². The molecule has 0 N–H and O–H groups in total. The van der Waals surface area contributed by atoms with Gasteiger partial charge in [0, 0.05) is 5.02 Å². The number of unbranched alkanes of at least 4 members (excludes halogenated alkanes) is 1. The molecular formula is C18H16Cl2N2O2. The third-order valence-electron chi connectivity index (χ3n) is 3.44. The lowest BCUT2D eigenvalue weighted by atomic mass is 10.2. The van der Waals surface area contributed by atoms with Crippen molar-refractivity contribution in [2.45, 2.75) is 12.8 Å². The molecule has 3 rings (SSSR count). The first-order valence-electron chi connectivity index (χ1n) is 7.64. The van der Waals surface area contributed by atoms with Gasteiger partial charge in [0.15, 0.2) is 0 Å². The fourth-order valence-corrected chi connectivity index (χ4v) is 2.71. The molecule has 0 unspecified atom stereocenters. The van der Waals surface area contributed by atoms with Gasteiger partial charge in [0.05, 0.1) is 29.1 Å². The molecule has 0 atom stereocenters. The molecule has 124 valence electrons. The van der Waals surface area contributed by atoms with Gasteiger partial charge in [0.1, 0.15) is 12.1 Å². The zero-order chi connectivity index (χ0) is 16.8. The molecule has 0 bridgehead atoms. The summed E-state index contributed by atoms with van der Waals surface area (Å²) in [6.45, 7) is 1.13. The average Bonchev–Trinajstić information content (AvgIpc) is 2.59. The quantitative estimate of drug-likeness (QED) is 0.543. The summed E-state index contributed by atoms with van der Waals surface area (Å²) in [5, 5.41) is 2.04. The zero-order valence-corrected chi connectivity index (χ0v) is 14.4. The number of aromatic nitrogens is 2.